The zero-order valence-electron chi connectivity index (χ0n) is 6.58. The Hall–Kier alpha value is -1.01. The molecule has 0 bridgehead atoms. The molecule has 3 nitrogen and oxygen atoms in total. The molecule has 0 aliphatic rings. The average molecular weight is 208 g/mol. The molecule has 1 atom stereocenters. The van der Waals surface area contributed by atoms with E-state index in [2.05, 4.69) is 4.74 Å². The Morgan fingerprint density at radius 3 is 2.54 bits per heavy atom. The van der Waals surface area contributed by atoms with Gasteiger partial charge in [0.15, 0.2) is 11.1 Å². The van der Waals surface area contributed by atoms with Gasteiger partial charge in [-0.1, -0.05) is 0 Å². The van der Waals surface area contributed by atoms with Crippen molar-refractivity contribution in [2.75, 3.05) is 7.11 Å². The lowest BCUT2D eigenvalue weighted by Gasteiger charge is -2.05. The number of hydrogen-bond acceptors (Lipinski definition) is 2. The number of hydrogen-bond donors (Lipinski definition) is 1. The second kappa shape index (κ2) is 3.80. The van der Waals surface area contributed by atoms with E-state index in [1.54, 1.807) is 0 Å². The van der Waals surface area contributed by atoms with Gasteiger partial charge < -0.3 is 9.29 Å². The summed E-state index contributed by atoms with van der Waals surface area (Å²) in [4.78, 5) is -0.552. The number of halogens is 2. The summed E-state index contributed by atoms with van der Waals surface area (Å²) < 4.78 is 49.2. The quantitative estimate of drug-likeness (QED) is 0.750. The van der Waals surface area contributed by atoms with Crippen LogP contribution in [-0.2, 0) is 11.1 Å². The van der Waals surface area contributed by atoms with Crippen LogP contribution in [-0.4, -0.2) is 15.9 Å². The second-order valence-electron chi connectivity index (χ2n) is 2.17. The Balaban J connectivity index is 3.38. The Labute approximate surface area is 75.6 Å². The topological polar surface area (TPSA) is 46.5 Å². The Bertz CT molecular complexity index is 354. The monoisotopic (exact) mass is 208 g/mol. The fraction of sp³-hybridized carbons (Fsp3) is 0.143. The van der Waals surface area contributed by atoms with Crippen molar-refractivity contribution in [1.29, 1.82) is 0 Å². The molecule has 0 amide bonds. The normalized spacial score (nSPS) is 12.6. The van der Waals surface area contributed by atoms with E-state index >= 15 is 0 Å². The van der Waals surface area contributed by atoms with Crippen LogP contribution in [0.25, 0.3) is 0 Å². The van der Waals surface area contributed by atoms with Gasteiger partial charge in [0, 0.05) is 12.1 Å². The Morgan fingerprint density at radius 1 is 1.46 bits per heavy atom. The number of rotatable bonds is 2. The van der Waals surface area contributed by atoms with Gasteiger partial charge in [0.25, 0.3) is 0 Å². The second-order valence-corrected chi connectivity index (χ2v) is 3.07. The molecule has 0 spiro atoms. The lowest BCUT2D eigenvalue weighted by molar-refractivity contribution is 0.388. The average Bonchev–Trinajstić information content (AvgIpc) is 2.01. The largest absolute Gasteiger partial charge is 0.495 e. The van der Waals surface area contributed by atoms with Crippen LogP contribution < -0.4 is 4.74 Å². The first kappa shape index (κ1) is 10.1. The van der Waals surface area contributed by atoms with Crippen LogP contribution in [0.3, 0.4) is 0 Å². The van der Waals surface area contributed by atoms with Crippen molar-refractivity contribution in [3.05, 3.63) is 23.8 Å². The van der Waals surface area contributed by atoms with Gasteiger partial charge in [-0.05, 0) is 0 Å². The van der Waals surface area contributed by atoms with Crippen molar-refractivity contribution in [1.82, 2.24) is 0 Å². The predicted molar refractivity (Wildman–Crippen MR) is 41.9 cm³/mol. The van der Waals surface area contributed by atoms with Gasteiger partial charge in [0.05, 0.1) is 7.11 Å². The standard InChI is InChI=1S/C7H6F2O3S/c1-12-6-3-4(8)2-5(9)7(6)13(10)11/h2-3H,1H3,(H,10,11). The maximum Gasteiger partial charge on any atom is 0.193 e. The van der Waals surface area contributed by atoms with Crippen molar-refractivity contribution in [2.24, 2.45) is 0 Å². The predicted octanol–water partition coefficient (Wildman–Crippen LogP) is 1.55. The molecular weight excluding hydrogens is 202 g/mol. The summed E-state index contributed by atoms with van der Waals surface area (Å²) in [5.74, 6) is -2.24. The van der Waals surface area contributed by atoms with Gasteiger partial charge in [-0.2, -0.15) is 0 Å². The van der Waals surface area contributed by atoms with Crippen LogP contribution in [0.2, 0.25) is 0 Å². The van der Waals surface area contributed by atoms with E-state index in [0.29, 0.717) is 6.07 Å². The van der Waals surface area contributed by atoms with Gasteiger partial charge in [-0.3, -0.25) is 0 Å². The summed E-state index contributed by atoms with van der Waals surface area (Å²) >= 11 is -2.53. The van der Waals surface area contributed by atoms with Crippen molar-refractivity contribution in [3.8, 4) is 5.75 Å². The van der Waals surface area contributed by atoms with Gasteiger partial charge in [-0.25, -0.2) is 13.0 Å². The van der Waals surface area contributed by atoms with E-state index in [1.165, 1.54) is 0 Å². The number of ether oxygens (including phenoxy) is 1. The molecule has 0 saturated heterocycles. The molecule has 0 aliphatic heterocycles. The number of benzene rings is 1. The lowest BCUT2D eigenvalue weighted by atomic mass is 10.3. The third-order valence-electron chi connectivity index (χ3n) is 1.37. The highest BCUT2D eigenvalue weighted by molar-refractivity contribution is 7.79. The van der Waals surface area contributed by atoms with E-state index in [-0.39, 0.29) is 5.75 Å². The SMILES string of the molecule is COc1cc(F)cc(F)c1S(=O)O. The molecule has 1 unspecified atom stereocenters. The maximum absolute atomic E-state index is 12.9. The summed E-state index contributed by atoms with van der Waals surface area (Å²) in [5, 5.41) is 0. The fourth-order valence-electron chi connectivity index (χ4n) is 0.858. The molecule has 1 rings (SSSR count). The minimum Gasteiger partial charge on any atom is -0.495 e. The van der Waals surface area contributed by atoms with Gasteiger partial charge in [-0.15, -0.1) is 0 Å². The third kappa shape index (κ3) is 2.02. The molecule has 1 aromatic rings. The molecule has 13 heavy (non-hydrogen) atoms. The zero-order chi connectivity index (χ0) is 10.0. The molecule has 0 fully saturated rings. The van der Waals surface area contributed by atoms with Gasteiger partial charge in [0.2, 0.25) is 0 Å². The lowest BCUT2D eigenvalue weighted by Crippen LogP contribution is -1.99. The van der Waals surface area contributed by atoms with E-state index in [4.69, 9.17) is 4.55 Å². The van der Waals surface area contributed by atoms with Crippen molar-refractivity contribution < 1.29 is 22.3 Å². The smallest absolute Gasteiger partial charge is 0.193 e. The van der Waals surface area contributed by atoms with Crippen molar-refractivity contribution in [2.45, 2.75) is 4.90 Å². The molecular formula is C7H6F2O3S. The van der Waals surface area contributed by atoms with Gasteiger partial charge in [0.1, 0.15) is 22.3 Å². The highest BCUT2D eigenvalue weighted by atomic mass is 32.2. The van der Waals surface area contributed by atoms with E-state index < -0.39 is 27.6 Å². The molecule has 0 saturated carbocycles. The first-order chi connectivity index (χ1) is 6.06. The van der Waals surface area contributed by atoms with Gasteiger partial charge >= 0.3 is 0 Å². The summed E-state index contributed by atoms with van der Waals surface area (Å²) in [6, 6.07) is 1.36. The molecule has 6 heteroatoms. The molecule has 0 aliphatic carbocycles. The van der Waals surface area contributed by atoms with E-state index in [9.17, 15) is 13.0 Å². The third-order valence-corrected chi connectivity index (χ3v) is 2.11. The summed E-state index contributed by atoms with van der Waals surface area (Å²) in [7, 11) is 1.16. The molecule has 72 valence electrons. The maximum atomic E-state index is 12.9. The van der Waals surface area contributed by atoms with Crippen LogP contribution in [0.4, 0.5) is 8.78 Å². The highest BCUT2D eigenvalue weighted by Crippen LogP contribution is 2.25. The molecule has 0 radical (unpaired) electrons. The van der Waals surface area contributed by atoms with E-state index in [1.807, 2.05) is 0 Å². The van der Waals surface area contributed by atoms with Crippen molar-refractivity contribution >= 4 is 11.1 Å². The van der Waals surface area contributed by atoms with Crippen LogP contribution in [0.1, 0.15) is 0 Å². The zero-order valence-corrected chi connectivity index (χ0v) is 7.40. The molecule has 0 aromatic heterocycles. The van der Waals surface area contributed by atoms with Crippen LogP contribution in [0.5, 0.6) is 5.75 Å². The molecule has 1 aromatic carbocycles. The highest BCUT2D eigenvalue weighted by Gasteiger charge is 2.16. The molecule has 0 heterocycles. The summed E-state index contributed by atoms with van der Waals surface area (Å²) in [6.45, 7) is 0. The number of methoxy groups -OCH3 is 1. The summed E-state index contributed by atoms with van der Waals surface area (Å²) in [6.07, 6.45) is 0. The first-order valence-electron chi connectivity index (χ1n) is 3.20. The van der Waals surface area contributed by atoms with Crippen LogP contribution in [0.15, 0.2) is 17.0 Å². The molecule has 1 N–H and O–H groups in total. The Kier molecular flexibility index (Phi) is 2.94. The summed E-state index contributed by atoms with van der Waals surface area (Å²) in [5.41, 5.74) is 0. The van der Waals surface area contributed by atoms with Crippen molar-refractivity contribution in [3.63, 3.8) is 0 Å². The minimum absolute atomic E-state index is 0.279. The minimum atomic E-state index is -2.53. The van der Waals surface area contributed by atoms with E-state index in [0.717, 1.165) is 13.2 Å². The van der Waals surface area contributed by atoms with Crippen LogP contribution >= 0.6 is 0 Å². The fourth-order valence-corrected chi connectivity index (χ4v) is 1.40. The van der Waals surface area contributed by atoms with Crippen LogP contribution in [0, 0.1) is 11.6 Å². The Morgan fingerprint density at radius 2 is 2.08 bits per heavy atom. The first-order valence-corrected chi connectivity index (χ1v) is 4.31.